The first-order valence-corrected chi connectivity index (χ1v) is 11.5. The molecule has 3 heterocycles. The number of aliphatic hydroxyl groups excluding tert-OH is 1. The molecule has 2 aromatic heterocycles. The predicted octanol–water partition coefficient (Wildman–Crippen LogP) is 5.60. The summed E-state index contributed by atoms with van der Waals surface area (Å²) < 4.78 is 55.4. The maximum Gasteiger partial charge on any atom is 0.393 e. The van der Waals surface area contributed by atoms with Gasteiger partial charge in [-0.1, -0.05) is 18.2 Å². The van der Waals surface area contributed by atoms with E-state index in [0.29, 0.717) is 39.3 Å². The number of halogens is 4. The lowest BCUT2D eigenvalue weighted by atomic mass is 10.0. The van der Waals surface area contributed by atoms with E-state index in [0.717, 1.165) is 6.54 Å². The Morgan fingerprint density at radius 2 is 2.09 bits per heavy atom. The Morgan fingerprint density at radius 1 is 1.27 bits per heavy atom. The molecule has 1 aliphatic rings. The Bertz CT molecular complexity index is 1120. The first kappa shape index (κ1) is 23.7. The summed E-state index contributed by atoms with van der Waals surface area (Å²) in [5.41, 5.74) is 1.18. The van der Waals surface area contributed by atoms with Gasteiger partial charge in [-0.3, -0.25) is 4.98 Å². The van der Waals surface area contributed by atoms with Crippen molar-refractivity contribution in [2.45, 2.75) is 37.3 Å². The lowest BCUT2D eigenvalue weighted by Crippen LogP contribution is -2.46. The van der Waals surface area contributed by atoms with Crippen LogP contribution in [0.4, 0.5) is 23.2 Å². The molecule has 0 saturated carbocycles. The molecule has 1 saturated heterocycles. The highest BCUT2D eigenvalue weighted by Crippen LogP contribution is 2.40. The molecule has 1 unspecified atom stereocenters. The summed E-state index contributed by atoms with van der Waals surface area (Å²) in [6.45, 7) is 1.06. The average Bonchev–Trinajstić information content (AvgIpc) is 3.11. The van der Waals surface area contributed by atoms with Gasteiger partial charge in [0.15, 0.2) is 0 Å². The van der Waals surface area contributed by atoms with Gasteiger partial charge in [-0.15, -0.1) is 11.3 Å². The number of hydrogen-bond donors (Lipinski definition) is 2. The maximum atomic E-state index is 14.6. The summed E-state index contributed by atoms with van der Waals surface area (Å²) in [4.78, 5) is 6.41. The van der Waals surface area contributed by atoms with E-state index in [-0.39, 0.29) is 5.56 Å². The molecule has 0 bridgehead atoms. The molecule has 0 spiro atoms. The second kappa shape index (κ2) is 9.79. The number of fused-ring (bicyclic) bond motifs is 1. The second-order valence-corrected chi connectivity index (χ2v) is 9.35. The van der Waals surface area contributed by atoms with E-state index in [1.165, 1.54) is 23.5 Å². The fourth-order valence-electron chi connectivity index (χ4n) is 4.07. The number of aromatic nitrogens is 1. The lowest BCUT2D eigenvalue weighted by Gasteiger charge is -2.33. The highest BCUT2D eigenvalue weighted by atomic mass is 32.1. The van der Waals surface area contributed by atoms with Crippen LogP contribution < -0.4 is 5.32 Å². The number of alkyl halides is 4. The molecule has 0 aliphatic carbocycles. The van der Waals surface area contributed by atoms with Crippen LogP contribution in [0.25, 0.3) is 16.2 Å². The van der Waals surface area contributed by atoms with Crippen molar-refractivity contribution in [2.75, 3.05) is 25.5 Å². The van der Waals surface area contributed by atoms with Crippen molar-refractivity contribution in [1.29, 1.82) is 0 Å². The second-order valence-electron chi connectivity index (χ2n) is 8.30. The third-order valence-electron chi connectivity index (χ3n) is 5.73. The number of likely N-dealkylation sites (tertiary alicyclic amines) is 1. The fraction of sp³-hybridized carbons (Fsp3) is 0.375. The van der Waals surface area contributed by atoms with Crippen molar-refractivity contribution in [2.24, 2.45) is 0 Å². The van der Waals surface area contributed by atoms with Gasteiger partial charge in [-0.05, 0) is 54.8 Å². The topological polar surface area (TPSA) is 48.4 Å². The monoisotopic (exact) mass is 479 g/mol. The van der Waals surface area contributed by atoms with Gasteiger partial charge < -0.3 is 15.3 Å². The first-order valence-electron chi connectivity index (χ1n) is 10.7. The third-order valence-corrected chi connectivity index (χ3v) is 6.98. The molecule has 1 fully saturated rings. The fourth-order valence-corrected chi connectivity index (χ4v) is 5.28. The van der Waals surface area contributed by atoms with Crippen LogP contribution in [0.3, 0.4) is 0 Å². The van der Waals surface area contributed by atoms with E-state index in [2.05, 4.69) is 10.3 Å². The van der Waals surface area contributed by atoms with E-state index in [1.54, 1.807) is 42.6 Å². The van der Waals surface area contributed by atoms with E-state index in [4.69, 9.17) is 0 Å². The average molecular weight is 480 g/mol. The minimum atomic E-state index is -4.39. The molecule has 176 valence electrons. The summed E-state index contributed by atoms with van der Waals surface area (Å²) >= 11 is 1.21. The molecule has 3 atom stereocenters. The van der Waals surface area contributed by atoms with E-state index in [9.17, 15) is 22.7 Å². The molecule has 2 N–H and O–H groups in total. The Hall–Kier alpha value is -2.49. The molecule has 33 heavy (non-hydrogen) atoms. The van der Waals surface area contributed by atoms with Gasteiger partial charge in [0.05, 0.1) is 28.5 Å². The number of piperidine rings is 1. The quantitative estimate of drug-likeness (QED) is 0.452. The van der Waals surface area contributed by atoms with Crippen LogP contribution in [0, 0.1) is 0 Å². The molecule has 9 heteroatoms. The lowest BCUT2D eigenvalue weighted by molar-refractivity contribution is -0.126. The number of thiophene rings is 1. The normalized spacial score (nSPS) is 21.0. The molecular formula is C24H25F4N3OS. The van der Waals surface area contributed by atoms with Crippen LogP contribution in [-0.2, 0) is 6.42 Å². The number of aliphatic hydroxyl groups is 1. The van der Waals surface area contributed by atoms with Gasteiger partial charge in [0.1, 0.15) is 12.3 Å². The molecule has 1 aromatic carbocycles. The van der Waals surface area contributed by atoms with Gasteiger partial charge in [0.2, 0.25) is 0 Å². The summed E-state index contributed by atoms with van der Waals surface area (Å²) in [5.74, 6) is 0. The van der Waals surface area contributed by atoms with Crippen molar-refractivity contribution in [3.63, 3.8) is 0 Å². The largest absolute Gasteiger partial charge is 0.393 e. The summed E-state index contributed by atoms with van der Waals surface area (Å²) in [7, 11) is 1.87. The van der Waals surface area contributed by atoms with Crippen molar-refractivity contribution < 1.29 is 22.7 Å². The zero-order valence-electron chi connectivity index (χ0n) is 18.0. The van der Waals surface area contributed by atoms with Crippen LogP contribution in [0.15, 0.2) is 48.7 Å². The van der Waals surface area contributed by atoms with Gasteiger partial charge in [0.25, 0.3) is 0 Å². The summed E-state index contributed by atoms with van der Waals surface area (Å²) in [5, 5.41) is 14.1. The molecule has 0 radical (unpaired) electrons. The van der Waals surface area contributed by atoms with Crippen molar-refractivity contribution in [3.8, 4) is 0 Å². The third kappa shape index (κ3) is 5.72. The minimum Gasteiger partial charge on any atom is -0.383 e. The number of nitrogens with zero attached hydrogens (tertiary/aromatic N) is 2. The molecule has 4 nitrogen and oxygen atoms in total. The van der Waals surface area contributed by atoms with Crippen molar-refractivity contribution >= 4 is 33.2 Å². The van der Waals surface area contributed by atoms with Gasteiger partial charge in [0, 0.05) is 24.2 Å². The van der Waals surface area contributed by atoms with Crippen LogP contribution in [0.2, 0.25) is 0 Å². The number of rotatable bonds is 6. The number of pyridine rings is 1. The summed E-state index contributed by atoms with van der Waals surface area (Å²) in [6, 6.07) is 9.82. The van der Waals surface area contributed by atoms with Crippen molar-refractivity contribution in [3.05, 3.63) is 64.8 Å². The summed E-state index contributed by atoms with van der Waals surface area (Å²) in [6.07, 6.45) is -2.48. The number of benzene rings is 1. The number of anilines is 1. The van der Waals surface area contributed by atoms with Gasteiger partial charge in [-0.2, -0.15) is 13.2 Å². The predicted molar refractivity (Wildman–Crippen MR) is 124 cm³/mol. The molecule has 3 aromatic rings. The maximum absolute atomic E-state index is 14.6. The van der Waals surface area contributed by atoms with E-state index < -0.39 is 30.9 Å². The Kier molecular flexibility index (Phi) is 7.02. The van der Waals surface area contributed by atoms with Crippen LogP contribution in [0.5, 0.6) is 0 Å². The zero-order valence-corrected chi connectivity index (χ0v) is 18.8. The standard InChI is InChI=1S/C24H25F4N3OS/c1-31-12-10-18(17(25)14-31)30-20-7-4-5-15-16(13-24(26,27)28)22(33-23(15)20)9-8-21(32)19-6-2-3-11-29-19/h2-9,11,17-18,21,30,32H,10,12-14H2,1H3/b9-8+/t17-,18+,21?/m0/s1. The highest BCUT2D eigenvalue weighted by Gasteiger charge is 2.32. The highest BCUT2D eigenvalue weighted by molar-refractivity contribution is 7.20. The molecule has 0 amide bonds. The van der Waals surface area contributed by atoms with Crippen LogP contribution in [-0.4, -0.2) is 53.5 Å². The van der Waals surface area contributed by atoms with Gasteiger partial charge in [-0.25, -0.2) is 4.39 Å². The number of hydrogen-bond acceptors (Lipinski definition) is 5. The zero-order chi connectivity index (χ0) is 23.6. The Morgan fingerprint density at radius 3 is 2.79 bits per heavy atom. The van der Waals surface area contributed by atoms with Crippen LogP contribution >= 0.6 is 11.3 Å². The molecular weight excluding hydrogens is 454 g/mol. The number of nitrogens with one attached hydrogen (secondary N) is 1. The minimum absolute atomic E-state index is 0.149. The van der Waals surface area contributed by atoms with Gasteiger partial charge >= 0.3 is 6.18 Å². The van der Waals surface area contributed by atoms with Crippen LogP contribution in [0.1, 0.15) is 28.7 Å². The van der Waals surface area contributed by atoms with E-state index >= 15 is 0 Å². The molecule has 4 rings (SSSR count). The first-order chi connectivity index (χ1) is 15.7. The van der Waals surface area contributed by atoms with Crippen molar-refractivity contribution in [1.82, 2.24) is 9.88 Å². The SMILES string of the molecule is CN1CC[C@@H](Nc2cccc3c(CC(F)(F)F)c(/C=C/C(O)c4ccccn4)sc23)[C@@H](F)C1. The Labute approximate surface area is 193 Å². The Balaban J connectivity index is 1.69. The molecule has 1 aliphatic heterocycles. The van der Waals surface area contributed by atoms with E-state index in [1.807, 2.05) is 11.9 Å². The smallest absolute Gasteiger partial charge is 0.383 e.